The third kappa shape index (κ3) is 4.01. The molecule has 0 radical (unpaired) electrons. The van der Waals surface area contributed by atoms with E-state index in [-0.39, 0.29) is 0 Å². The van der Waals surface area contributed by atoms with Crippen LogP contribution < -0.4 is 11.5 Å². The minimum atomic E-state index is 0.907. The summed E-state index contributed by atoms with van der Waals surface area (Å²) in [7, 11) is 0. The van der Waals surface area contributed by atoms with E-state index in [2.05, 4.69) is 38.1 Å². The molecule has 0 aliphatic rings. The molecule has 0 saturated carbocycles. The quantitative estimate of drug-likeness (QED) is 0.774. The lowest BCUT2D eigenvalue weighted by Gasteiger charge is -2.10. The van der Waals surface area contributed by atoms with Crippen molar-refractivity contribution in [3.05, 3.63) is 58.7 Å². The lowest BCUT2D eigenvalue weighted by atomic mass is 9.97. The molecule has 2 rings (SSSR count). The summed E-state index contributed by atoms with van der Waals surface area (Å²) < 4.78 is 0. The maximum absolute atomic E-state index is 6.04. The van der Waals surface area contributed by atoms with Gasteiger partial charge in [0.15, 0.2) is 0 Å². The van der Waals surface area contributed by atoms with Crippen LogP contribution in [0.1, 0.15) is 48.9 Å². The molecular formula is C19H26N2. The molecule has 0 fully saturated rings. The van der Waals surface area contributed by atoms with Crippen molar-refractivity contribution in [2.75, 3.05) is 11.5 Å². The van der Waals surface area contributed by atoms with Gasteiger partial charge in [-0.25, -0.2) is 0 Å². The highest BCUT2D eigenvalue weighted by Gasteiger charge is 2.04. The van der Waals surface area contributed by atoms with Crippen molar-refractivity contribution >= 4 is 11.4 Å². The number of anilines is 2. The van der Waals surface area contributed by atoms with Crippen LogP contribution in [0.5, 0.6) is 0 Å². The summed E-state index contributed by atoms with van der Waals surface area (Å²) in [4.78, 5) is 0. The van der Waals surface area contributed by atoms with Gasteiger partial charge in [0, 0.05) is 11.4 Å². The molecule has 0 unspecified atom stereocenters. The van der Waals surface area contributed by atoms with Crippen LogP contribution in [0, 0.1) is 0 Å². The SMILES string of the molecule is CCCc1cc(Cc2ccc(N)c(CCC)c2)ccc1N. The molecule has 0 spiro atoms. The van der Waals surface area contributed by atoms with E-state index in [0.29, 0.717) is 0 Å². The third-order valence-electron chi connectivity index (χ3n) is 3.86. The molecule has 2 heteroatoms. The number of rotatable bonds is 6. The van der Waals surface area contributed by atoms with Crippen LogP contribution in [-0.2, 0) is 19.3 Å². The lowest BCUT2D eigenvalue weighted by molar-refractivity contribution is 0.917. The van der Waals surface area contributed by atoms with E-state index in [0.717, 1.165) is 43.5 Å². The molecule has 0 saturated heterocycles. The van der Waals surface area contributed by atoms with Gasteiger partial charge in [-0.3, -0.25) is 0 Å². The number of nitrogen functional groups attached to an aromatic ring is 2. The zero-order valence-corrected chi connectivity index (χ0v) is 13.2. The van der Waals surface area contributed by atoms with E-state index in [1.54, 1.807) is 0 Å². The average molecular weight is 282 g/mol. The van der Waals surface area contributed by atoms with E-state index in [4.69, 9.17) is 11.5 Å². The molecule has 21 heavy (non-hydrogen) atoms. The molecular weight excluding hydrogens is 256 g/mol. The maximum atomic E-state index is 6.04. The maximum Gasteiger partial charge on any atom is 0.0346 e. The summed E-state index contributed by atoms with van der Waals surface area (Å²) in [6.07, 6.45) is 5.27. The number of hydrogen-bond acceptors (Lipinski definition) is 2. The number of benzene rings is 2. The molecule has 0 aliphatic carbocycles. The summed E-state index contributed by atoms with van der Waals surface area (Å²) in [5, 5.41) is 0. The molecule has 2 nitrogen and oxygen atoms in total. The standard InChI is InChI=1S/C19H26N2/c1-3-5-16-12-14(7-9-18(16)20)11-15-8-10-19(21)17(13-15)6-4-2/h7-10,12-13H,3-6,11,20-21H2,1-2H3. The Labute approximate surface area is 128 Å². The minimum absolute atomic E-state index is 0.907. The van der Waals surface area contributed by atoms with Gasteiger partial charge in [-0.2, -0.15) is 0 Å². The highest BCUT2D eigenvalue weighted by atomic mass is 14.6. The second-order valence-electron chi connectivity index (χ2n) is 5.74. The Bertz CT molecular complexity index is 549. The van der Waals surface area contributed by atoms with E-state index < -0.39 is 0 Å². The van der Waals surface area contributed by atoms with Gasteiger partial charge in [-0.1, -0.05) is 51.0 Å². The summed E-state index contributed by atoms with van der Waals surface area (Å²) in [6.45, 7) is 4.37. The van der Waals surface area contributed by atoms with Gasteiger partial charge >= 0.3 is 0 Å². The van der Waals surface area contributed by atoms with Gasteiger partial charge in [0.2, 0.25) is 0 Å². The molecule has 2 aromatic rings. The second-order valence-corrected chi connectivity index (χ2v) is 5.74. The Hall–Kier alpha value is -1.96. The Kier molecular flexibility index (Phi) is 5.26. The van der Waals surface area contributed by atoms with Crippen molar-refractivity contribution in [1.82, 2.24) is 0 Å². The fourth-order valence-electron chi connectivity index (χ4n) is 2.75. The van der Waals surface area contributed by atoms with Gasteiger partial charge in [0.05, 0.1) is 0 Å². The van der Waals surface area contributed by atoms with Crippen molar-refractivity contribution < 1.29 is 0 Å². The molecule has 0 aromatic heterocycles. The summed E-state index contributed by atoms with van der Waals surface area (Å²) >= 11 is 0. The Balaban J connectivity index is 2.21. The monoisotopic (exact) mass is 282 g/mol. The Morgan fingerprint density at radius 2 is 1.14 bits per heavy atom. The van der Waals surface area contributed by atoms with Gasteiger partial charge < -0.3 is 11.5 Å². The van der Waals surface area contributed by atoms with Gasteiger partial charge in [0.1, 0.15) is 0 Å². The third-order valence-corrected chi connectivity index (χ3v) is 3.86. The van der Waals surface area contributed by atoms with Crippen molar-refractivity contribution in [3.8, 4) is 0 Å². The van der Waals surface area contributed by atoms with Crippen LogP contribution >= 0.6 is 0 Å². The van der Waals surface area contributed by atoms with Crippen LogP contribution in [0.25, 0.3) is 0 Å². The Morgan fingerprint density at radius 3 is 1.52 bits per heavy atom. The van der Waals surface area contributed by atoms with Crippen LogP contribution in [0.3, 0.4) is 0 Å². The average Bonchev–Trinajstić information content (AvgIpc) is 2.47. The fraction of sp³-hybridized carbons (Fsp3) is 0.368. The molecule has 0 amide bonds. The predicted octanol–water partition coefficient (Wildman–Crippen LogP) is 4.35. The normalized spacial score (nSPS) is 10.8. The number of aryl methyl sites for hydroxylation is 2. The summed E-state index contributed by atoms with van der Waals surface area (Å²) in [6, 6.07) is 12.8. The van der Waals surface area contributed by atoms with Crippen molar-refractivity contribution in [2.45, 2.75) is 46.0 Å². The first-order valence-corrected chi connectivity index (χ1v) is 7.88. The molecule has 0 atom stereocenters. The second kappa shape index (κ2) is 7.16. The largest absolute Gasteiger partial charge is 0.399 e. The smallest absolute Gasteiger partial charge is 0.0346 e. The summed E-state index contributed by atoms with van der Waals surface area (Å²) in [5.74, 6) is 0. The Morgan fingerprint density at radius 1 is 0.714 bits per heavy atom. The van der Waals surface area contributed by atoms with Gasteiger partial charge in [0.25, 0.3) is 0 Å². The van der Waals surface area contributed by atoms with E-state index in [9.17, 15) is 0 Å². The fourth-order valence-corrected chi connectivity index (χ4v) is 2.75. The van der Waals surface area contributed by atoms with Crippen LogP contribution in [0.2, 0.25) is 0 Å². The first-order valence-electron chi connectivity index (χ1n) is 7.88. The van der Waals surface area contributed by atoms with Crippen molar-refractivity contribution in [1.29, 1.82) is 0 Å². The van der Waals surface area contributed by atoms with Crippen molar-refractivity contribution in [2.24, 2.45) is 0 Å². The van der Waals surface area contributed by atoms with Gasteiger partial charge in [-0.15, -0.1) is 0 Å². The number of hydrogen-bond donors (Lipinski definition) is 2. The molecule has 0 heterocycles. The molecule has 0 bridgehead atoms. The highest BCUT2D eigenvalue weighted by molar-refractivity contribution is 5.51. The summed E-state index contributed by atoms with van der Waals surface area (Å²) in [5.41, 5.74) is 19.1. The topological polar surface area (TPSA) is 52.0 Å². The van der Waals surface area contributed by atoms with Crippen LogP contribution in [0.15, 0.2) is 36.4 Å². The van der Waals surface area contributed by atoms with E-state index in [1.165, 1.54) is 22.3 Å². The van der Waals surface area contributed by atoms with E-state index in [1.807, 2.05) is 12.1 Å². The van der Waals surface area contributed by atoms with Gasteiger partial charge in [-0.05, 0) is 53.6 Å². The van der Waals surface area contributed by atoms with Crippen LogP contribution in [-0.4, -0.2) is 0 Å². The van der Waals surface area contributed by atoms with Crippen molar-refractivity contribution in [3.63, 3.8) is 0 Å². The minimum Gasteiger partial charge on any atom is -0.399 e. The molecule has 2 aromatic carbocycles. The zero-order valence-electron chi connectivity index (χ0n) is 13.2. The predicted molar refractivity (Wildman–Crippen MR) is 92.5 cm³/mol. The first kappa shape index (κ1) is 15.4. The molecule has 4 N–H and O–H groups in total. The lowest BCUT2D eigenvalue weighted by Crippen LogP contribution is -1.99. The van der Waals surface area contributed by atoms with Crippen LogP contribution in [0.4, 0.5) is 11.4 Å². The molecule has 112 valence electrons. The first-order chi connectivity index (χ1) is 10.1. The number of nitrogens with two attached hydrogens (primary N) is 2. The molecule has 0 aliphatic heterocycles. The zero-order chi connectivity index (χ0) is 15.2. The van der Waals surface area contributed by atoms with E-state index >= 15 is 0 Å². The highest BCUT2D eigenvalue weighted by Crippen LogP contribution is 2.21.